The Morgan fingerprint density at radius 3 is 2.55 bits per heavy atom. The van der Waals surface area contributed by atoms with Crippen molar-refractivity contribution in [3.63, 3.8) is 0 Å². The van der Waals surface area contributed by atoms with Gasteiger partial charge in [-0.2, -0.15) is 0 Å². The first-order chi connectivity index (χ1) is 10.7. The van der Waals surface area contributed by atoms with Crippen molar-refractivity contribution in [2.75, 3.05) is 13.1 Å². The van der Waals surface area contributed by atoms with Crippen LogP contribution < -0.4 is 0 Å². The van der Waals surface area contributed by atoms with Crippen molar-refractivity contribution in [3.8, 4) is 0 Å². The largest absolute Gasteiger partial charge is 0.299 e. The molecule has 1 heterocycles. The van der Waals surface area contributed by atoms with E-state index in [1.165, 1.54) is 23.3 Å². The van der Waals surface area contributed by atoms with Gasteiger partial charge in [-0.1, -0.05) is 24.3 Å². The van der Waals surface area contributed by atoms with E-state index < -0.39 is 0 Å². The third-order valence-electron chi connectivity index (χ3n) is 4.25. The van der Waals surface area contributed by atoms with E-state index >= 15 is 0 Å². The molecule has 0 bridgehead atoms. The molecule has 114 valence electrons. The van der Waals surface area contributed by atoms with Crippen molar-refractivity contribution in [2.45, 2.75) is 25.8 Å². The van der Waals surface area contributed by atoms with E-state index in [1.54, 1.807) is 12.1 Å². The molecule has 2 aromatic carbocycles. The molecule has 0 atom stereocenters. The molecule has 3 rings (SSSR count). The fourth-order valence-electron chi connectivity index (χ4n) is 2.99. The molecule has 0 N–H and O–H groups in total. The summed E-state index contributed by atoms with van der Waals surface area (Å²) in [7, 11) is 0. The summed E-state index contributed by atoms with van der Waals surface area (Å²) in [5.41, 5.74) is 3.45. The van der Waals surface area contributed by atoms with Crippen LogP contribution in [0.2, 0.25) is 0 Å². The maximum Gasteiger partial charge on any atom is 0.162 e. The van der Waals surface area contributed by atoms with Crippen LogP contribution in [0.15, 0.2) is 48.5 Å². The summed E-state index contributed by atoms with van der Waals surface area (Å²) in [6.45, 7) is 2.96. The van der Waals surface area contributed by atoms with Crippen LogP contribution in [0.4, 0.5) is 4.39 Å². The van der Waals surface area contributed by atoms with Crippen molar-refractivity contribution in [1.82, 2.24) is 4.90 Å². The molecule has 2 aromatic rings. The molecule has 22 heavy (non-hydrogen) atoms. The average molecular weight is 297 g/mol. The van der Waals surface area contributed by atoms with Crippen LogP contribution in [0.5, 0.6) is 0 Å². The number of fused-ring (bicyclic) bond motifs is 1. The minimum absolute atomic E-state index is 0.0948. The zero-order chi connectivity index (χ0) is 15.4. The summed E-state index contributed by atoms with van der Waals surface area (Å²) in [5, 5.41) is 0. The second-order valence-electron chi connectivity index (χ2n) is 5.83. The molecule has 1 aliphatic rings. The highest BCUT2D eigenvalue weighted by atomic mass is 19.1. The fraction of sp³-hybridized carbons (Fsp3) is 0.316. The molecule has 0 aliphatic carbocycles. The van der Waals surface area contributed by atoms with E-state index in [-0.39, 0.29) is 11.6 Å². The third kappa shape index (κ3) is 3.60. The smallest absolute Gasteiger partial charge is 0.162 e. The fourth-order valence-corrected chi connectivity index (χ4v) is 2.99. The van der Waals surface area contributed by atoms with Crippen LogP contribution in [0.25, 0.3) is 0 Å². The molecule has 0 spiro atoms. The molecule has 0 radical (unpaired) electrons. The van der Waals surface area contributed by atoms with Gasteiger partial charge in [0.2, 0.25) is 0 Å². The lowest BCUT2D eigenvalue weighted by Crippen LogP contribution is -2.31. The van der Waals surface area contributed by atoms with Gasteiger partial charge >= 0.3 is 0 Å². The van der Waals surface area contributed by atoms with Crippen LogP contribution in [-0.2, 0) is 13.0 Å². The maximum absolute atomic E-state index is 12.8. The number of carbonyl (C=O) groups is 1. The van der Waals surface area contributed by atoms with Crippen LogP contribution in [-0.4, -0.2) is 23.8 Å². The minimum Gasteiger partial charge on any atom is -0.299 e. The number of carbonyl (C=O) groups excluding carboxylic acids is 1. The van der Waals surface area contributed by atoms with Crippen molar-refractivity contribution in [2.24, 2.45) is 0 Å². The molecular formula is C19H20FNO. The number of ketones is 1. The van der Waals surface area contributed by atoms with Crippen LogP contribution in [0.3, 0.4) is 0 Å². The standard InChI is InChI=1S/C19H20FNO/c20-18-9-7-16(8-10-18)19(22)6-3-12-21-13-11-15-4-1-2-5-17(15)14-21/h1-2,4-5,7-10H,3,6,11-14H2. The van der Waals surface area contributed by atoms with Gasteiger partial charge in [0.15, 0.2) is 5.78 Å². The zero-order valence-corrected chi connectivity index (χ0v) is 12.6. The van der Waals surface area contributed by atoms with Gasteiger partial charge in [0.25, 0.3) is 0 Å². The summed E-state index contributed by atoms with van der Waals surface area (Å²) in [6, 6.07) is 14.4. The molecule has 0 fully saturated rings. The van der Waals surface area contributed by atoms with Crippen LogP contribution in [0.1, 0.15) is 34.3 Å². The Hall–Kier alpha value is -2.00. The van der Waals surface area contributed by atoms with E-state index in [2.05, 4.69) is 29.2 Å². The number of hydrogen-bond acceptors (Lipinski definition) is 2. The van der Waals surface area contributed by atoms with Crippen molar-refractivity contribution >= 4 is 5.78 Å². The zero-order valence-electron chi connectivity index (χ0n) is 12.6. The van der Waals surface area contributed by atoms with Gasteiger partial charge in [-0.05, 0) is 54.8 Å². The number of benzene rings is 2. The van der Waals surface area contributed by atoms with Gasteiger partial charge in [0.05, 0.1) is 0 Å². The molecular weight excluding hydrogens is 277 g/mol. The van der Waals surface area contributed by atoms with Crippen molar-refractivity contribution in [1.29, 1.82) is 0 Å². The van der Waals surface area contributed by atoms with Gasteiger partial charge in [-0.3, -0.25) is 9.69 Å². The Labute approximate surface area is 130 Å². The highest BCUT2D eigenvalue weighted by Crippen LogP contribution is 2.19. The Balaban J connectivity index is 1.48. The average Bonchev–Trinajstić information content (AvgIpc) is 2.55. The Morgan fingerprint density at radius 1 is 1.05 bits per heavy atom. The lowest BCUT2D eigenvalue weighted by Gasteiger charge is -2.28. The maximum atomic E-state index is 12.8. The van der Waals surface area contributed by atoms with E-state index in [0.717, 1.165) is 32.5 Å². The Kier molecular flexibility index (Phi) is 4.64. The lowest BCUT2D eigenvalue weighted by molar-refractivity contribution is 0.0973. The monoisotopic (exact) mass is 297 g/mol. The summed E-state index contributed by atoms with van der Waals surface area (Å²) in [4.78, 5) is 14.5. The number of hydrogen-bond donors (Lipinski definition) is 0. The second-order valence-corrected chi connectivity index (χ2v) is 5.83. The first-order valence-electron chi connectivity index (χ1n) is 7.80. The van der Waals surface area contributed by atoms with Gasteiger partial charge in [0.1, 0.15) is 5.82 Å². The van der Waals surface area contributed by atoms with Crippen LogP contribution >= 0.6 is 0 Å². The predicted octanol–water partition coefficient (Wildman–Crippen LogP) is 3.85. The minimum atomic E-state index is -0.302. The third-order valence-corrected chi connectivity index (χ3v) is 4.25. The molecule has 0 aromatic heterocycles. The SMILES string of the molecule is O=C(CCCN1CCc2ccccc2C1)c1ccc(F)cc1. The number of nitrogens with zero attached hydrogens (tertiary/aromatic N) is 1. The predicted molar refractivity (Wildman–Crippen MR) is 85.4 cm³/mol. The Morgan fingerprint density at radius 2 is 1.77 bits per heavy atom. The summed E-state index contributed by atoms with van der Waals surface area (Å²) in [5.74, 6) is -0.207. The normalized spacial score (nSPS) is 14.6. The summed E-state index contributed by atoms with van der Waals surface area (Å²) >= 11 is 0. The number of halogens is 1. The second kappa shape index (κ2) is 6.84. The molecule has 1 aliphatic heterocycles. The van der Waals surface area contributed by atoms with E-state index in [0.29, 0.717) is 12.0 Å². The quantitative estimate of drug-likeness (QED) is 0.781. The number of Topliss-reactive ketones (excluding diaryl/α,β-unsaturated/α-hetero) is 1. The summed E-state index contributed by atoms with van der Waals surface area (Å²) < 4.78 is 12.8. The van der Waals surface area contributed by atoms with Gasteiger partial charge in [-0.15, -0.1) is 0 Å². The molecule has 0 saturated carbocycles. The van der Waals surface area contributed by atoms with Crippen LogP contribution in [0, 0.1) is 5.82 Å². The Bertz CT molecular complexity index is 651. The first kappa shape index (κ1) is 14.9. The molecule has 3 heteroatoms. The molecule has 0 amide bonds. The van der Waals surface area contributed by atoms with E-state index in [1.807, 2.05) is 0 Å². The van der Waals surface area contributed by atoms with E-state index in [9.17, 15) is 9.18 Å². The van der Waals surface area contributed by atoms with Gasteiger partial charge < -0.3 is 0 Å². The topological polar surface area (TPSA) is 20.3 Å². The summed E-state index contributed by atoms with van der Waals surface area (Å²) in [6.07, 6.45) is 2.45. The van der Waals surface area contributed by atoms with Gasteiger partial charge in [0, 0.05) is 25.1 Å². The molecule has 0 unspecified atom stereocenters. The number of rotatable bonds is 5. The lowest BCUT2D eigenvalue weighted by atomic mass is 9.99. The molecule has 0 saturated heterocycles. The molecule has 2 nitrogen and oxygen atoms in total. The van der Waals surface area contributed by atoms with Crippen molar-refractivity contribution < 1.29 is 9.18 Å². The highest BCUT2D eigenvalue weighted by molar-refractivity contribution is 5.95. The van der Waals surface area contributed by atoms with Crippen molar-refractivity contribution in [3.05, 3.63) is 71.0 Å². The van der Waals surface area contributed by atoms with E-state index in [4.69, 9.17) is 0 Å². The van der Waals surface area contributed by atoms with Gasteiger partial charge in [-0.25, -0.2) is 4.39 Å². The first-order valence-corrected chi connectivity index (χ1v) is 7.80. The highest BCUT2D eigenvalue weighted by Gasteiger charge is 2.15.